The van der Waals surface area contributed by atoms with Crippen molar-refractivity contribution in [1.82, 2.24) is 9.55 Å². The summed E-state index contributed by atoms with van der Waals surface area (Å²) >= 11 is 1.62. The van der Waals surface area contributed by atoms with Crippen molar-refractivity contribution >= 4 is 22.7 Å². The van der Waals surface area contributed by atoms with Crippen molar-refractivity contribution < 1.29 is 0 Å². The van der Waals surface area contributed by atoms with Crippen LogP contribution in [-0.2, 0) is 12.3 Å². The molecule has 0 N–H and O–H groups in total. The SMILES string of the molecule is Cc1ccc(Cn2c(SCc3ccccc3C)nc3ccccc3c2=O)cc1. The third-order valence-electron chi connectivity index (χ3n) is 4.91. The van der Waals surface area contributed by atoms with Gasteiger partial charge in [-0.1, -0.05) is 78.0 Å². The molecule has 0 aliphatic carbocycles. The second-order valence-electron chi connectivity index (χ2n) is 7.00. The average molecular weight is 387 g/mol. The van der Waals surface area contributed by atoms with E-state index in [9.17, 15) is 4.79 Å². The van der Waals surface area contributed by atoms with E-state index in [-0.39, 0.29) is 5.56 Å². The predicted octanol–water partition coefficient (Wildman–Crippen LogP) is 5.35. The summed E-state index contributed by atoms with van der Waals surface area (Å²) in [6.07, 6.45) is 0. The minimum atomic E-state index is 0.0125. The van der Waals surface area contributed by atoms with Crippen LogP contribution >= 0.6 is 11.8 Å². The fourth-order valence-electron chi connectivity index (χ4n) is 3.19. The van der Waals surface area contributed by atoms with Gasteiger partial charge in [0.2, 0.25) is 0 Å². The molecule has 0 bridgehead atoms. The van der Waals surface area contributed by atoms with Crippen LogP contribution in [0.4, 0.5) is 0 Å². The van der Waals surface area contributed by atoms with Crippen molar-refractivity contribution in [2.75, 3.05) is 0 Å². The fraction of sp³-hybridized carbons (Fsp3) is 0.167. The lowest BCUT2D eigenvalue weighted by atomic mass is 10.1. The van der Waals surface area contributed by atoms with Crippen molar-refractivity contribution in [3.63, 3.8) is 0 Å². The van der Waals surface area contributed by atoms with Gasteiger partial charge in [-0.25, -0.2) is 4.98 Å². The Bertz CT molecular complexity index is 1180. The monoisotopic (exact) mass is 386 g/mol. The summed E-state index contributed by atoms with van der Waals surface area (Å²) in [6, 6.07) is 24.2. The standard InChI is InChI=1S/C24H22N2OS/c1-17-11-13-19(14-12-17)15-26-23(27)21-9-5-6-10-22(21)25-24(26)28-16-20-8-4-3-7-18(20)2/h3-14H,15-16H2,1-2H3. The first kappa shape index (κ1) is 18.5. The molecule has 0 unspecified atom stereocenters. The zero-order chi connectivity index (χ0) is 19.5. The van der Waals surface area contributed by atoms with Crippen LogP contribution in [0.5, 0.6) is 0 Å². The third-order valence-corrected chi connectivity index (χ3v) is 5.93. The molecular weight excluding hydrogens is 364 g/mol. The number of benzene rings is 3. The molecule has 3 aromatic carbocycles. The Hall–Kier alpha value is -2.85. The summed E-state index contributed by atoms with van der Waals surface area (Å²) < 4.78 is 1.80. The van der Waals surface area contributed by atoms with Gasteiger partial charge < -0.3 is 0 Å². The normalized spacial score (nSPS) is 11.1. The Morgan fingerprint density at radius 3 is 2.39 bits per heavy atom. The number of nitrogens with zero attached hydrogens (tertiary/aromatic N) is 2. The van der Waals surface area contributed by atoms with Gasteiger partial charge in [-0.2, -0.15) is 0 Å². The smallest absolute Gasteiger partial charge is 0.262 e. The second-order valence-corrected chi connectivity index (χ2v) is 7.95. The van der Waals surface area contributed by atoms with Gasteiger partial charge in [0.05, 0.1) is 17.4 Å². The van der Waals surface area contributed by atoms with E-state index in [1.165, 1.54) is 16.7 Å². The molecule has 1 heterocycles. The van der Waals surface area contributed by atoms with Crippen LogP contribution < -0.4 is 5.56 Å². The maximum atomic E-state index is 13.2. The molecule has 0 radical (unpaired) electrons. The zero-order valence-corrected chi connectivity index (χ0v) is 16.9. The first-order chi connectivity index (χ1) is 13.6. The summed E-state index contributed by atoms with van der Waals surface area (Å²) in [6.45, 7) is 4.70. The van der Waals surface area contributed by atoms with Crippen LogP contribution in [0.25, 0.3) is 10.9 Å². The van der Waals surface area contributed by atoms with Crippen LogP contribution in [0.15, 0.2) is 82.7 Å². The molecule has 0 amide bonds. The Labute approximate surface area is 169 Å². The summed E-state index contributed by atoms with van der Waals surface area (Å²) in [4.78, 5) is 18.0. The van der Waals surface area contributed by atoms with E-state index in [4.69, 9.17) is 4.98 Å². The van der Waals surface area contributed by atoms with Crippen molar-refractivity contribution in [2.24, 2.45) is 0 Å². The van der Waals surface area contributed by atoms with Crippen molar-refractivity contribution in [3.05, 3.63) is 105 Å². The number of para-hydroxylation sites is 1. The molecule has 1 aromatic heterocycles. The highest BCUT2D eigenvalue weighted by atomic mass is 32.2. The molecule has 28 heavy (non-hydrogen) atoms. The van der Waals surface area contributed by atoms with E-state index in [2.05, 4.69) is 56.3 Å². The topological polar surface area (TPSA) is 34.9 Å². The molecule has 0 aliphatic rings. The van der Waals surface area contributed by atoms with E-state index in [0.717, 1.165) is 22.0 Å². The van der Waals surface area contributed by atoms with Gasteiger partial charge in [0.1, 0.15) is 0 Å². The molecule has 140 valence electrons. The summed E-state index contributed by atoms with van der Waals surface area (Å²) in [5.74, 6) is 0.783. The molecule has 4 aromatic rings. The quantitative estimate of drug-likeness (QED) is 0.342. The molecule has 4 heteroatoms. The maximum absolute atomic E-state index is 13.2. The highest BCUT2D eigenvalue weighted by Gasteiger charge is 2.12. The van der Waals surface area contributed by atoms with E-state index >= 15 is 0 Å². The minimum absolute atomic E-state index is 0.0125. The molecule has 3 nitrogen and oxygen atoms in total. The van der Waals surface area contributed by atoms with Gasteiger partial charge in [-0.15, -0.1) is 0 Å². The van der Waals surface area contributed by atoms with Gasteiger partial charge in [0, 0.05) is 5.75 Å². The van der Waals surface area contributed by atoms with Gasteiger partial charge in [0.25, 0.3) is 5.56 Å². The fourth-order valence-corrected chi connectivity index (χ4v) is 4.26. The number of hydrogen-bond acceptors (Lipinski definition) is 3. The third kappa shape index (κ3) is 3.87. The number of aromatic nitrogens is 2. The van der Waals surface area contributed by atoms with Gasteiger partial charge in [0.15, 0.2) is 5.16 Å². The molecular formula is C24H22N2OS. The molecule has 0 fully saturated rings. The van der Waals surface area contributed by atoms with Gasteiger partial charge >= 0.3 is 0 Å². The van der Waals surface area contributed by atoms with Gasteiger partial charge in [-0.3, -0.25) is 9.36 Å². The number of rotatable bonds is 5. The maximum Gasteiger partial charge on any atom is 0.262 e. The number of thioether (sulfide) groups is 1. The molecule has 0 spiro atoms. The molecule has 0 saturated heterocycles. The highest BCUT2D eigenvalue weighted by Crippen LogP contribution is 2.24. The van der Waals surface area contributed by atoms with Crippen molar-refractivity contribution in [1.29, 1.82) is 0 Å². The number of aryl methyl sites for hydroxylation is 2. The zero-order valence-electron chi connectivity index (χ0n) is 16.1. The van der Waals surface area contributed by atoms with E-state index in [1.54, 1.807) is 16.3 Å². The van der Waals surface area contributed by atoms with Crippen LogP contribution in [0.2, 0.25) is 0 Å². The van der Waals surface area contributed by atoms with Crippen molar-refractivity contribution in [3.8, 4) is 0 Å². The van der Waals surface area contributed by atoms with E-state index < -0.39 is 0 Å². The number of hydrogen-bond donors (Lipinski definition) is 0. The largest absolute Gasteiger partial charge is 0.283 e. The van der Waals surface area contributed by atoms with E-state index in [0.29, 0.717) is 11.9 Å². The van der Waals surface area contributed by atoms with Crippen LogP contribution in [0.3, 0.4) is 0 Å². The lowest BCUT2D eigenvalue weighted by molar-refractivity contribution is 0.658. The van der Waals surface area contributed by atoms with Crippen LogP contribution in [-0.4, -0.2) is 9.55 Å². The Kier molecular flexibility index (Phi) is 5.31. The summed E-state index contributed by atoms with van der Waals surface area (Å²) in [5.41, 5.74) is 5.59. The average Bonchev–Trinajstić information content (AvgIpc) is 2.71. The molecule has 0 aliphatic heterocycles. The Morgan fingerprint density at radius 1 is 0.893 bits per heavy atom. The summed E-state index contributed by atoms with van der Waals surface area (Å²) in [5, 5.41) is 1.42. The van der Waals surface area contributed by atoms with Gasteiger partial charge in [-0.05, 0) is 42.7 Å². The molecule has 4 rings (SSSR count). The second kappa shape index (κ2) is 8.03. The van der Waals surface area contributed by atoms with Crippen LogP contribution in [0.1, 0.15) is 22.3 Å². The summed E-state index contributed by atoms with van der Waals surface area (Å²) in [7, 11) is 0. The van der Waals surface area contributed by atoms with E-state index in [1.807, 2.05) is 30.3 Å². The molecule has 0 saturated carbocycles. The Morgan fingerprint density at radius 2 is 1.61 bits per heavy atom. The molecule has 0 atom stereocenters. The van der Waals surface area contributed by atoms with Crippen molar-refractivity contribution in [2.45, 2.75) is 31.3 Å². The first-order valence-corrected chi connectivity index (χ1v) is 10.3. The first-order valence-electron chi connectivity index (χ1n) is 9.34. The minimum Gasteiger partial charge on any atom is -0.283 e. The van der Waals surface area contributed by atoms with Crippen LogP contribution in [0, 0.1) is 13.8 Å². The highest BCUT2D eigenvalue weighted by molar-refractivity contribution is 7.98. The lowest BCUT2D eigenvalue weighted by Crippen LogP contribution is -2.24. The predicted molar refractivity (Wildman–Crippen MR) is 117 cm³/mol. The number of fused-ring (bicyclic) bond motifs is 1. The lowest BCUT2D eigenvalue weighted by Gasteiger charge is -2.14. The Balaban J connectivity index is 1.75.